The molecule has 6 nitrogen and oxygen atoms in total. The molecule has 0 atom stereocenters. The van der Waals surface area contributed by atoms with Gasteiger partial charge in [-0.2, -0.15) is 10.4 Å². The van der Waals surface area contributed by atoms with Gasteiger partial charge in [0.25, 0.3) is 10.0 Å². The number of benzene rings is 2. The quantitative estimate of drug-likeness (QED) is 0.758. The Morgan fingerprint density at radius 1 is 1.26 bits per heavy atom. The molecule has 0 radical (unpaired) electrons. The lowest BCUT2D eigenvalue weighted by molar-refractivity contribution is 0.600. The summed E-state index contributed by atoms with van der Waals surface area (Å²) >= 11 is 5.84. The number of aromatic amines is 1. The molecule has 116 valence electrons. The standard InChI is InChI=1S/C14H8ClFN4O2S/c15-9-3-1-6-12(8(9)7-17)23(21,22)20-14-13-10(16)4-2-5-11(13)18-19-14/h1-6H,(H2,18,19,20). The minimum absolute atomic E-state index is 0.00782. The Kier molecular flexibility index (Phi) is 3.67. The number of H-pyrrole nitrogens is 1. The minimum atomic E-state index is -4.16. The molecular formula is C14H8ClFN4O2S. The van der Waals surface area contributed by atoms with Crippen LogP contribution < -0.4 is 4.72 Å². The Hall–Kier alpha value is -2.63. The topological polar surface area (TPSA) is 98.6 Å². The molecule has 23 heavy (non-hydrogen) atoms. The van der Waals surface area contributed by atoms with Crippen molar-refractivity contribution >= 4 is 38.3 Å². The second-order valence-electron chi connectivity index (χ2n) is 4.56. The lowest BCUT2D eigenvalue weighted by Gasteiger charge is -2.08. The van der Waals surface area contributed by atoms with Crippen molar-refractivity contribution in [3.05, 3.63) is 52.8 Å². The van der Waals surface area contributed by atoms with Crippen molar-refractivity contribution in [2.24, 2.45) is 0 Å². The van der Waals surface area contributed by atoms with Crippen LogP contribution in [0.25, 0.3) is 10.9 Å². The Morgan fingerprint density at radius 2 is 2.00 bits per heavy atom. The van der Waals surface area contributed by atoms with E-state index in [1.165, 1.54) is 30.3 Å². The first kappa shape index (κ1) is 15.3. The molecule has 0 saturated carbocycles. The van der Waals surface area contributed by atoms with Gasteiger partial charge in [-0.3, -0.25) is 9.82 Å². The van der Waals surface area contributed by atoms with Crippen molar-refractivity contribution < 1.29 is 12.8 Å². The molecule has 1 aromatic heterocycles. The summed E-state index contributed by atoms with van der Waals surface area (Å²) in [4.78, 5) is -0.306. The van der Waals surface area contributed by atoms with Gasteiger partial charge in [0, 0.05) is 0 Å². The van der Waals surface area contributed by atoms with Crippen LogP contribution in [0.5, 0.6) is 0 Å². The fourth-order valence-corrected chi connectivity index (χ4v) is 3.59. The Labute approximate surface area is 135 Å². The van der Waals surface area contributed by atoms with Crippen LogP contribution in [0.3, 0.4) is 0 Å². The number of halogens is 2. The van der Waals surface area contributed by atoms with Crippen molar-refractivity contribution in [3.8, 4) is 6.07 Å². The summed E-state index contributed by atoms with van der Waals surface area (Å²) in [6, 6.07) is 10.0. The van der Waals surface area contributed by atoms with E-state index in [1.807, 2.05) is 0 Å². The van der Waals surface area contributed by atoms with Crippen molar-refractivity contribution in [1.82, 2.24) is 10.2 Å². The molecule has 2 N–H and O–H groups in total. The molecule has 0 unspecified atom stereocenters. The molecule has 3 rings (SSSR count). The number of nitrogens with zero attached hydrogens (tertiary/aromatic N) is 2. The van der Waals surface area contributed by atoms with Gasteiger partial charge in [0.2, 0.25) is 0 Å². The summed E-state index contributed by atoms with van der Waals surface area (Å²) in [6.45, 7) is 0. The lowest BCUT2D eigenvalue weighted by Crippen LogP contribution is -2.15. The minimum Gasteiger partial charge on any atom is -0.276 e. The highest BCUT2D eigenvalue weighted by Gasteiger charge is 2.23. The van der Waals surface area contributed by atoms with Crippen LogP contribution in [0.2, 0.25) is 5.02 Å². The largest absolute Gasteiger partial charge is 0.276 e. The molecule has 0 amide bonds. The Balaban J connectivity index is 2.12. The third-order valence-corrected chi connectivity index (χ3v) is 4.84. The molecule has 9 heteroatoms. The highest BCUT2D eigenvalue weighted by atomic mass is 35.5. The Morgan fingerprint density at radius 3 is 2.74 bits per heavy atom. The summed E-state index contributed by atoms with van der Waals surface area (Å²) in [6.07, 6.45) is 0. The van der Waals surface area contributed by atoms with Crippen LogP contribution in [0.15, 0.2) is 41.3 Å². The molecule has 0 aliphatic rings. The maximum Gasteiger partial charge on any atom is 0.264 e. The van der Waals surface area contributed by atoms with E-state index in [0.717, 1.165) is 0 Å². The third-order valence-electron chi connectivity index (χ3n) is 3.15. The molecule has 0 aliphatic heterocycles. The number of anilines is 1. The number of nitriles is 1. The van der Waals surface area contributed by atoms with Crippen LogP contribution >= 0.6 is 11.6 Å². The van der Waals surface area contributed by atoms with Gasteiger partial charge in [-0.05, 0) is 24.3 Å². The zero-order valence-corrected chi connectivity index (χ0v) is 12.9. The molecule has 1 heterocycles. The van der Waals surface area contributed by atoms with Crippen LogP contribution in [0.4, 0.5) is 10.2 Å². The van der Waals surface area contributed by atoms with Crippen LogP contribution in [-0.4, -0.2) is 18.6 Å². The Bertz CT molecular complexity index is 1060. The first-order valence-electron chi connectivity index (χ1n) is 6.28. The number of sulfonamides is 1. The van der Waals surface area contributed by atoms with E-state index in [9.17, 15) is 12.8 Å². The molecule has 3 aromatic rings. The second-order valence-corrected chi connectivity index (χ2v) is 6.62. The SMILES string of the molecule is N#Cc1c(Cl)cccc1S(=O)(=O)Nc1n[nH]c2cccc(F)c12. The van der Waals surface area contributed by atoms with Crippen molar-refractivity contribution in [1.29, 1.82) is 5.26 Å². The number of nitrogens with one attached hydrogen (secondary N) is 2. The number of hydrogen-bond acceptors (Lipinski definition) is 4. The van der Waals surface area contributed by atoms with E-state index in [2.05, 4.69) is 14.9 Å². The predicted octanol–water partition coefficient (Wildman–Crippen LogP) is 3.03. The maximum atomic E-state index is 13.9. The van der Waals surface area contributed by atoms with E-state index >= 15 is 0 Å². The van der Waals surface area contributed by atoms with Crippen LogP contribution in [0.1, 0.15) is 5.56 Å². The monoisotopic (exact) mass is 350 g/mol. The van der Waals surface area contributed by atoms with E-state index in [1.54, 1.807) is 12.1 Å². The van der Waals surface area contributed by atoms with Gasteiger partial charge in [0.05, 0.1) is 21.5 Å². The lowest BCUT2D eigenvalue weighted by atomic mass is 10.2. The zero-order valence-electron chi connectivity index (χ0n) is 11.3. The highest BCUT2D eigenvalue weighted by molar-refractivity contribution is 7.92. The average molecular weight is 351 g/mol. The van der Waals surface area contributed by atoms with E-state index in [0.29, 0.717) is 5.52 Å². The number of rotatable bonds is 3. The molecule has 0 aliphatic carbocycles. The van der Waals surface area contributed by atoms with E-state index in [-0.39, 0.29) is 26.7 Å². The van der Waals surface area contributed by atoms with Crippen molar-refractivity contribution in [2.45, 2.75) is 4.90 Å². The van der Waals surface area contributed by atoms with Gasteiger partial charge in [0.1, 0.15) is 16.8 Å². The van der Waals surface area contributed by atoms with Crippen LogP contribution in [0, 0.1) is 17.1 Å². The summed E-state index contributed by atoms with van der Waals surface area (Å²) in [5.74, 6) is -0.817. The number of fused-ring (bicyclic) bond motifs is 1. The first-order chi connectivity index (χ1) is 10.9. The summed E-state index contributed by atoms with van der Waals surface area (Å²) in [7, 11) is -4.16. The van der Waals surface area contributed by atoms with E-state index in [4.69, 9.17) is 16.9 Å². The summed E-state index contributed by atoms with van der Waals surface area (Å²) < 4.78 is 41.1. The highest BCUT2D eigenvalue weighted by Crippen LogP contribution is 2.28. The molecule has 0 bridgehead atoms. The zero-order chi connectivity index (χ0) is 16.6. The third kappa shape index (κ3) is 2.60. The van der Waals surface area contributed by atoms with Gasteiger partial charge in [-0.15, -0.1) is 0 Å². The van der Waals surface area contributed by atoms with Gasteiger partial charge in [-0.25, -0.2) is 12.8 Å². The molecule has 0 saturated heterocycles. The fraction of sp³-hybridized carbons (Fsp3) is 0. The molecule has 0 fully saturated rings. The smallest absolute Gasteiger partial charge is 0.264 e. The second kappa shape index (κ2) is 5.53. The van der Waals surface area contributed by atoms with Crippen molar-refractivity contribution in [3.63, 3.8) is 0 Å². The van der Waals surface area contributed by atoms with Gasteiger partial charge >= 0.3 is 0 Å². The number of hydrogen-bond donors (Lipinski definition) is 2. The summed E-state index contributed by atoms with van der Waals surface area (Å²) in [5.41, 5.74) is 0.149. The fourth-order valence-electron chi connectivity index (χ4n) is 2.12. The van der Waals surface area contributed by atoms with Crippen molar-refractivity contribution in [2.75, 3.05) is 4.72 Å². The molecular weight excluding hydrogens is 343 g/mol. The molecule has 0 spiro atoms. The van der Waals surface area contributed by atoms with Gasteiger partial charge in [0.15, 0.2) is 5.82 Å². The maximum absolute atomic E-state index is 13.9. The first-order valence-corrected chi connectivity index (χ1v) is 8.14. The van der Waals surface area contributed by atoms with E-state index < -0.39 is 15.8 Å². The normalized spacial score (nSPS) is 11.3. The number of aromatic nitrogens is 2. The summed E-state index contributed by atoms with van der Waals surface area (Å²) in [5, 5.41) is 15.4. The average Bonchev–Trinajstić information content (AvgIpc) is 2.91. The molecule has 2 aromatic carbocycles. The predicted molar refractivity (Wildman–Crippen MR) is 83.0 cm³/mol. The van der Waals surface area contributed by atoms with Gasteiger partial charge in [-0.1, -0.05) is 23.7 Å². The van der Waals surface area contributed by atoms with Gasteiger partial charge < -0.3 is 0 Å². The van der Waals surface area contributed by atoms with Crippen LogP contribution in [-0.2, 0) is 10.0 Å².